The lowest BCUT2D eigenvalue weighted by Crippen LogP contribution is -2.03. The van der Waals surface area contributed by atoms with Crippen molar-refractivity contribution in [3.05, 3.63) is 66.1 Å². The van der Waals surface area contributed by atoms with E-state index in [-0.39, 0.29) is 10.6 Å². The molecule has 4 aromatic rings. The Morgan fingerprint density at radius 2 is 1.86 bits per heavy atom. The zero-order chi connectivity index (χ0) is 20.4. The van der Waals surface area contributed by atoms with E-state index in [1.165, 1.54) is 0 Å². The Morgan fingerprint density at radius 1 is 1.03 bits per heavy atom. The minimum atomic E-state index is -3.29. The first-order valence-electron chi connectivity index (χ1n) is 9.48. The molecule has 0 bridgehead atoms. The van der Waals surface area contributed by atoms with E-state index in [1.54, 1.807) is 31.2 Å². The van der Waals surface area contributed by atoms with E-state index in [9.17, 15) is 8.42 Å². The number of benzene rings is 3. The third kappa shape index (κ3) is 3.76. The van der Waals surface area contributed by atoms with Gasteiger partial charge in [-0.25, -0.2) is 13.4 Å². The molecule has 0 aliphatic heterocycles. The lowest BCUT2D eigenvalue weighted by atomic mass is 10.0. The maximum Gasteiger partial charge on any atom is 0.220 e. The molecule has 0 radical (unpaired) electrons. The van der Waals surface area contributed by atoms with Gasteiger partial charge in [-0.1, -0.05) is 37.3 Å². The predicted octanol–water partition coefficient (Wildman–Crippen LogP) is 5.34. The van der Waals surface area contributed by atoms with Gasteiger partial charge in [0.1, 0.15) is 11.3 Å². The van der Waals surface area contributed by atoms with Crippen LogP contribution in [0.4, 0.5) is 0 Å². The number of hydrogen-bond donors (Lipinski definition) is 0. The van der Waals surface area contributed by atoms with Crippen LogP contribution >= 0.6 is 0 Å². The highest BCUT2D eigenvalue weighted by Gasteiger charge is 2.14. The second-order valence-corrected chi connectivity index (χ2v) is 8.83. The summed E-state index contributed by atoms with van der Waals surface area (Å²) in [5.41, 5.74) is 2.01. The molecule has 0 spiro atoms. The van der Waals surface area contributed by atoms with Crippen LogP contribution in [-0.4, -0.2) is 25.8 Å². The highest BCUT2D eigenvalue weighted by Crippen LogP contribution is 2.30. The van der Waals surface area contributed by atoms with E-state index in [0.717, 1.165) is 22.1 Å². The van der Waals surface area contributed by atoms with E-state index in [0.29, 0.717) is 23.6 Å². The summed E-state index contributed by atoms with van der Waals surface area (Å²) in [5, 5.41) is 2.18. The van der Waals surface area contributed by atoms with Crippen LogP contribution in [0, 0.1) is 0 Å². The van der Waals surface area contributed by atoms with Crippen molar-refractivity contribution in [3.8, 4) is 5.75 Å². The molecule has 0 N–H and O–H groups in total. The van der Waals surface area contributed by atoms with Crippen LogP contribution in [-0.2, 0) is 9.84 Å². The van der Waals surface area contributed by atoms with Crippen molar-refractivity contribution in [2.24, 2.45) is 0 Å². The smallest absolute Gasteiger partial charge is 0.220 e. The van der Waals surface area contributed by atoms with Gasteiger partial charge in [-0.2, -0.15) is 0 Å². The fourth-order valence-corrected chi connectivity index (χ4v) is 4.14. The molecule has 0 saturated carbocycles. The molecule has 3 aromatic carbocycles. The number of ether oxygens (including phenoxy) is 1. The fourth-order valence-electron chi connectivity index (χ4n) is 3.24. The largest absolute Gasteiger partial charge is 0.493 e. The first-order chi connectivity index (χ1) is 14.0. The summed E-state index contributed by atoms with van der Waals surface area (Å²) in [5.74, 6) is 1.24. The van der Waals surface area contributed by atoms with Crippen molar-refractivity contribution >= 4 is 43.9 Å². The van der Waals surface area contributed by atoms with Crippen LogP contribution in [0.15, 0.2) is 63.9 Å². The third-order valence-corrected chi connectivity index (χ3v) is 6.47. The summed E-state index contributed by atoms with van der Waals surface area (Å²) < 4.78 is 35.8. The monoisotopic (exact) mass is 407 g/mol. The van der Waals surface area contributed by atoms with Crippen molar-refractivity contribution in [1.29, 1.82) is 0 Å². The van der Waals surface area contributed by atoms with Crippen molar-refractivity contribution in [3.63, 3.8) is 0 Å². The van der Waals surface area contributed by atoms with Gasteiger partial charge in [0.25, 0.3) is 0 Å². The number of sulfone groups is 1. The van der Waals surface area contributed by atoms with E-state index >= 15 is 0 Å². The summed E-state index contributed by atoms with van der Waals surface area (Å²) >= 11 is 0. The highest BCUT2D eigenvalue weighted by molar-refractivity contribution is 7.91. The van der Waals surface area contributed by atoms with Crippen LogP contribution in [0.3, 0.4) is 0 Å². The highest BCUT2D eigenvalue weighted by atomic mass is 32.2. The number of fused-ring (bicyclic) bond motifs is 2. The Morgan fingerprint density at radius 3 is 2.66 bits per heavy atom. The summed E-state index contributed by atoms with van der Waals surface area (Å²) in [7, 11) is -3.29. The molecule has 6 heteroatoms. The Kier molecular flexibility index (Phi) is 5.11. The van der Waals surface area contributed by atoms with Gasteiger partial charge in [-0.05, 0) is 48.0 Å². The third-order valence-electron chi connectivity index (χ3n) is 4.74. The zero-order valence-corrected chi connectivity index (χ0v) is 17.1. The summed E-state index contributed by atoms with van der Waals surface area (Å²) in [6.45, 7) is 4.14. The molecule has 0 fully saturated rings. The average Bonchev–Trinajstić information content (AvgIpc) is 3.15. The van der Waals surface area contributed by atoms with E-state index in [2.05, 4.69) is 11.1 Å². The van der Waals surface area contributed by atoms with Gasteiger partial charge < -0.3 is 9.15 Å². The van der Waals surface area contributed by atoms with E-state index in [1.807, 2.05) is 43.3 Å². The summed E-state index contributed by atoms with van der Waals surface area (Å²) in [4.78, 5) is 4.69. The Balaban J connectivity index is 1.76. The van der Waals surface area contributed by atoms with Crippen LogP contribution in [0.2, 0.25) is 0 Å². The van der Waals surface area contributed by atoms with Crippen molar-refractivity contribution < 1.29 is 17.6 Å². The molecule has 5 nitrogen and oxygen atoms in total. The number of nitrogens with zero attached hydrogens (tertiary/aromatic N) is 1. The van der Waals surface area contributed by atoms with Crippen LogP contribution in [0.1, 0.15) is 25.3 Å². The van der Waals surface area contributed by atoms with Crippen LogP contribution in [0.5, 0.6) is 5.75 Å². The lowest BCUT2D eigenvalue weighted by Gasteiger charge is -2.10. The minimum absolute atomic E-state index is 0.0460. The van der Waals surface area contributed by atoms with E-state index in [4.69, 9.17) is 9.15 Å². The molecule has 0 atom stereocenters. The molecule has 4 rings (SSSR count). The molecule has 0 aliphatic carbocycles. The molecule has 148 valence electrons. The molecule has 0 aliphatic rings. The van der Waals surface area contributed by atoms with Crippen LogP contribution in [0.25, 0.3) is 34.0 Å². The fraction of sp³-hybridized carbons (Fsp3) is 0.174. The topological polar surface area (TPSA) is 69.4 Å². The maximum atomic E-state index is 12.1. The van der Waals surface area contributed by atoms with Gasteiger partial charge in [0.15, 0.2) is 15.4 Å². The molecule has 1 heterocycles. The van der Waals surface area contributed by atoms with Gasteiger partial charge in [-0.15, -0.1) is 0 Å². The molecule has 0 unspecified atom stereocenters. The number of oxazole rings is 1. The standard InChI is InChI=1S/C23H21NO4S/c1-3-27-21-12-9-16-7-5-6-8-18(16)19(21)11-14-23-24-20-15-17(29(25,26)4-2)10-13-22(20)28-23/h5-15H,3-4H2,1-2H3/b14-11+. The van der Waals surface area contributed by atoms with Gasteiger partial charge in [0.05, 0.1) is 17.3 Å². The molecule has 0 amide bonds. The Hall–Kier alpha value is -3.12. The van der Waals surface area contributed by atoms with Crippen molar-refractivity contribution in [2.75, 3.05) is 12.4 Å². The minimum Gasteiger partial charge on any atom is -0.493 e. The second-order valence-electron chi connectivity index (χ2n) is 6.55. The van der Waals surface area contributed by atoms with Gasteiger partial charge in [-0.3, -0.25) is 0 Å². The van der Waals surface area contributed by atoms with Gasteiger partial charge in [0, 0.05) is 11.6 Å². The maximum absolute atomic E-state index is 12.1. The zero-order valence-electron chi connectivity index (χ0n) is 16.3. The Bertz CT molecular complexity index is 1320. The lowest BCUT2D eigenvalue weighted by molar-refractivity contribution is 0.340. The number of hydrogen-bond acceptors (Lipinski definition) is 5. The molecule has 0 saturated heterocycles. The summed E-state index contributed by atoms with van der Waals surface area (Å²) in [6.07, 6.45) is 3.69. The molecular weight excluding hydrogens is 386 g/mol. The number of aromatic nitrogens is 1. The average molecular weight is 407 g/mol. The first-order valence-corrected chi connectivity index (χ1v) is 11.1. The van der Waals surface area contributed by atoms with Crippen LogP contribution < -0.4 is 4.74 Å². The predicted molar refractivity (Wildman–Crippen MR) is 116 cm³/mol. The second kappa shape index (κ2) is 7.72. The SMILES string of the molecule is CCOc1ccc2ccccc2c1/C=C/c1nc2cc(S(=O)(=O)CC)ccc2o1. The molecule has 1 aromatic heterocycles. The molecule has 29 heavy (non-hydrogen) atoms. The number of rotatable bonds is 6. The van der Waals surface area contributed by atoms with Crippen molar-refractivity contribution in [1.82, 2.24) is 4.98 Å². The van der Waals surface area contributed by atoms with Gasteiger partial charge >= 0.3 is 0 Å². The van der Waals surface area contributed by atoms with Crippen molar-refractivity contribution in [2.45, 2.75) is 18.7 Å². The van der Waals surface area contributed by atoms with E-state index < -0.39 is 9.84 Å². The first kappa shape index (κ1) is 19.2. The molecular formula is C23H21NO4S. The Labute approximate surface area is 169 Å². The normalized spacial score (nSPS) is 12.2. The quantitative estimate of drug-likeness (QED) is 0.431. The summed E-state index contributed by atoms with van der Waals surface area (Å²) in [6, 6.07) is 16.8. The van der Waals surface area contributed by atoms with Gasteiger partial charge in [0.2, 0.25) is 5.89 Å².